The third kappa shape index (κ3) is 4.66. The van der Waals surface area contributed by atoms with Crippen molar-refractivity contribution >= 4 is 49.0 Å². The van der Waals surface area contributed by atoms with Gasteiger partial charge in [0.05, 0.1) is 17.7 Å². The average molecular weight is 487 g/mol. The van der Waals surface area contributed by atoms with Gasteiger partial charge in [-0.3, -0.25) is 4.79 Å². The summed E-state index contributed by atoms with van der Waals surface area (Å²) >= 11 is 1.24. The van der Waals surface area contributed by atoms with Crippen molar-refractivity contribution in [1.29, 1.82) is 0 Å². The van der Waals surface area contributed by atoms with E-state index in [0.717, 1.165) is 42.2 Å². The number of ether oxygens (including phenoxy) is 1. The number of sulfonamides is 1. The van der Waals surface area contributed by atoms with Crippen LogP contribution in [0.15, 0.2) is 53.4 Å². The van der Waals surface area contributed by atoms with Crippen molar-refractivity contribution < 1.29 is 22.7 Å². The number of rotatable bonds is 6. The number of hydrogen-bond donors (Lipinski definition) is 1. The van der Waals surface area contributed by atoms with Crippen LogP contribution in [0.3, 0.4) is 0 Å². The second-order valence-electron chi connectivity index (χ2n) is 8.09. The highest BCUT2D eigenvalue weighted by atomic mass is 32.2. The number of fused-ring (bicyclic) bond motifs is 1. The molecule has 2 aromatic carbocycles. The molecule has 9 heteroatoms. The standard InChI is InChI=1S/C24H26N2O5S2/c1-26(17-8-4-3-5-9-17)33(29,30)18-14-12-16(13-15-18)23(27)25-21-19-10-6-7-11-20(19)32-22(21)24(28)31-2/h6-7,10-15,17H,3-5,8-9H2,1-2H3,(H,25,27). The SMILES string of the molecule is COC(=O)c1sc2ccccc2c1NC(=O)c1ccc(S(=O)(=O)N(C)C2CCCCC2)cc1. The Balaban J connectivity index is 1.57. The normalized spacial score (nSPS) is 15.0. The Labute approximate surface area is 197 Å². The zero-order valence-corrected chi connectivity index (χ0v) is 20.2. The Morgan fingerprint density at radius 3 is 2.36 bits per heavy atom. The predicted molar refractivity (Wildman–Crippen MR) is 129 cm³/mol. The molecule has 1 heterocycles. The molecule has 0 bridgehead atoms. The van der Waals surface area contributed by atoms with Gasteiger partial charge in [0.15, 0.2) is 0 Å². The fourth-order valence-corrected chi connectivity index (χ4v) is 6.67. The minimum Gasteiger partial charge on any atom is -0.465 e. The van der Waals surface area contributed by atoms with E-state index in [9.17, 15) is 18.0 Å². The molecule has 0 atom stereocenters. The highest BCUT2D eigenvalue weighted by Crippen LogP contribution is 2.36. The molecule has 4 rings (SSSR count). The Kier molecular flexibility index (Phi) is 6.83. The quantitative estimate of drug-likeness (QED) is 0.501. The molecular formula is C24H26N2O5S2. The molecule has 1 amide bonds. The van der Waals surface area contributed by atoms with Crippen molar-refractivity contribution in [1.82, 2.24) is 4.31 Å². The molecule has 3 aromatic rings. The lowest BCUT2D eigenvalue weighted by molar-refractivity contribution is 0.0607. The van der Waals surface area contributed by atoms with Crippen LogP contribution in [-0.4, -0.2) is 44.8 Å². The summed E-state index contributed by atoms with van der Waals surface area (Å²) in [5, 5.41) is 3.55. The number of amides is 1. The van der Waals surface area contributed by atoms with Gasteiger partial charge in [0.2, 0.25) is 10.0 Å². The van der Waals surface area contributed by atoms with Crippen LogP contribution in [-0.2, 0) is 14.8 Å². The third-order valence-electron chi connectivity index (χ3n) is 6.09. The van der Waals surface area contributed by atoms with Crippen LogP contribution < -0.4 is 5.32 Å². The first kappa shape index (κ1) is 23.4. The molecule has 0 aliphatic heterocycles. The molecule has 1 aliphatic rings. The molecular weight excluding hydrogens is 460 g/mol. The first-order valence-electron chi connectivity index (χ1n) is 10.8. The smallest absolute Gasteiger partial charge is 0.350 e. The maximum absolute atomic E-state index is 13.0. The zero-order valence-electron chi connectivity index (χ0n) is 18.5. The van der Waals surface area contributed by atoms with Gasteiger partial charge < -0.3 is 10.1 Å². The van der Waals surface area contributed by atoms with Crippen LogP contribution in [0.4, 0.5) is 5.69 Å². The van der Waals surface area contributed by atoms with Gasteiger partial charge in [0, 0.05) is 28.7 Å². The number of nitrogens with zero attached hydrogens (tertiary/aromatic N) is 1. The van der Waals surface area contributed by atoms with E-state index in [2.05, 4.69) is 5.32 Å². The molecule has 7 nitrogen and oxygen atoms in total. The number of thiophene rings is 1. The summed E-state index contributed by atoms with van der Waals surface area (Å²) in [4.78, 5) is 25.6. The number of benzene rings is 2. The Bertz CT molecular complexity index is 1280. The van der Waals surface area contributed by atoms with Crippen molar-refractivity contribution in [2.75, 3.05) is 19.5 Å². The summed E-state index contributed by atoms with van der Waals surface area (Å²) < 4.78 is 33.3. The van der Waals surface area contributed by atoms with Crippen molar-refractivity contribution in [2.24, 2.45) is 0 Å². The number of carbonyl (C=O) groups is 2. The molecule has 1 N–H and O–H groups in total. The number of hydrogen-bond acceptors (Lipinski definition) is 6. The summed E-state index contributed by atoms with van der Waals surface area (Å²) in [5.41, 5.74) is 0.682. The molecule has 33 heavy (non-hydrogen) atoms. The summed E-state index contributed by atoms with van der Waals surface area (Å²) in [7, 11) is -0.719. The molecule has 1 aliphatic carbocycles. The third-order valence-corrected chi connectivity index (χ3v) is 9.16. The molecule has 1 aromatic heterocycles. The average Bonchev–Trinajstić information content (AvgIpc) is 3.22. The number of anilines is 1. The molecule has 174 valence electrons. The minimum atomic E-state index is -3.64. The van der Waals surface area contributed by atoms with Crippen molar-refractivity contribution in [3.63, 3.8) is 0 Å². The van der Waals surface area contributed by atoms with Gasteiger partial charge in [-0.2, -0.15) is 4.31 Å². The van der Waals surface area contributed by atoms with Crippen molar-refractivity contribution in [3.05, 3.63) is 59.0 Å². The molecule has 0 spiro atoms. The predicted octanol–water partition coefficient (Wildman–Crippen LogP) is 4.89. The number of nitrogens with one attached hydrogen (secondary N) is 1. The van der Waals surface area contributed by atoms with Gasteiger partial charge in [0.1, 0.15) is 4.88 Å². The van der Waals surface area contributed by atoms with Crippen LogP contribution >= 0.6 is 11.3 Å². The van der Waals surface area contributed by atoms with Crippen LogP contribution in [0.1, 0.15) is 52.1 Å². The number of carbonyl (C=O) groups excluding carboxylic acids is 2. The van der Waals surface area contributed by atoms with Crippen molar-refractivity contribution in [2.45, 2.75) is 43.0 Å². The first-order chi connectivity index (χ1) is 15.8. The van der Waals surface area contributed by atoms with E-state index in [4.69, 9.17) is 4.74 Å². The lowest BCUT2D eigenvalue weighted by atomic mass is 9.96. The highest BCUT2D eigenvalue weighted by Gasteiger charge is 2.29. The van der Waals surface area contributed by atoms with E-state index in [1.807, 2.05) is 24.3 Å². The summed E-state index contributed by atoms with van der Waals surface area (Å²) in [6, 6.07) is 13.3. The van der Waals surface area contributed by atoms with E-state index in [-0.39, 0.29) is 10.9 Å². The van der Waals surface area contributed by atoms with E-state index in [0.29, 0.717) is 16.1 Å². The molecule has 0 radical (unpaired) electrons. The van der Waals surface area contributed by atoms with Crippen LogP contribution in [0.25, 0.3) is 10.1 Å². The van der Waals surface area contributed by atoms with E-state index >= 15 is 0 Å². The van der Waals surface area contributed by atoms with Crippen LogP contribution in [0, 0.1) is 0 Å². The van der Waals surface area contributed by atoms with Crippen molar-refractivity contribution in [3.8, 4) is 0 Å². The second-order valence-corrected chi connectivity index (χ2v) is 11.1. The fraction of sp³-hybridized carbons (Fsp3) is 0.333. The fourth-order valence-electron chi connectivity index (χ4n) is 4.18. The summed E-state index contributed by atoms with van der Waals surface area (Å²) in [6.45, 7) is 0. The Morgan fingerprint density at radius 2 is 1.70 bits per heavy atom. The van der Waals surface area contributed by atoms with E-state index in [1.165, 1.54) is 47.0 Å². The summed E-state index contributed by atoms with van der Waals surface area (Å²) in [5.74, 6) is -0.966. The summed E-state index contributed by atoms with van der Waals surface area (Å²) in [6.07, 6.45) is 4.95. The van der Waals surface area contributed by atoms with Crippen LogP contribution in [0.5, 0.6) is 0 Å². The zero-order chi connectivity index (χ0) is 23.6. The van der Waals surface area contributed by atoms with Crippen LogP contribution in [0.2, 0.25) is 0 Å². The Hall–Kier alpha value is -2.75. The maximum Gasteiger partial charge on any atom is 0.350 e. The maximum atomic E-state index is 13.0. The topological polar surface area (TPSA) is 92.8 Å². The largest absolute Gasteiger partial charge is 0.465 e. The van der Waals surface area contributed by atoms with Gasteiger partial charge in [-0.15, -0.1) is 11.3 Å². The van der Waals surface area contributed by atoms with E-state index < -0.39 is 21.9 Å². The highest BCUT2D eigenvalue weighted by molar-refractivity contribution is 7.89. The first-order valence-corrected chi connectivity index (χ1v) is 13.1. The second kappa shape index (κ2) is 9.62. The van der Waals surface area contributed by atoms with Gasteiger partial charge in [-0.05, 0) is 43.2 Å². The Morgan fingerprint density at radius 1 is 1.03 bits per heavy atom. The lowest BCUT2D eigenvalue weighted by Crippen LogP contribution is -2.38. The minimum absolute atomic E-state index is 0.00957. The lowest BCUT2D eigenvalue weighted by Gasteiger charge is -2.30. The van der Waals surface area contributed by atoms with Gasteiger partial charge in [-0.25, -0.2) is 13.2 Å². The number of esters is 1. The molecule has 0 unspecified atom stereocenters. The molecule has 0 saturated heterocycles. The molecule has 1 fully saturated rings. The number of methoxy groups -OCH3 is 1. The molecule has 1 saturated carbocycles. The van der Waals surface area contributed by atoms with E-state index in [1.54, 1.807) is 7.05 Å². The van der Waals surface area contributed by atoms with Gasteiger partial charge in [0.25, 0.3) is 5.91 Å². The van der Waals surface area contributed by atoms with Gasteiger partial charge in [-0.1, -0.05) is 37.5 Å². The van der Waals surface area contributed by atoms with Gasteiger partial charge >= 0.3 is 5.97 Å². The monoisotopic (exact) mass is 486 g/mol.